The minimum Gasteiger partial charge on any atom is -0.495 e. The molecule has 3 aromatic rings. The number of aliphatic imine (C=N–C) groups is 1. The van der Waals surface area contributed by atoms with Gasteiger partial charge in [0, 0.05) is 24.8 Å². The molecule has 32 heavy (non-hydrogen) atoms. The van der Waals surface area contributed by atoms with Crippen LogP contribution < -0.4 is 15.4 Å². The number of nitrogens with one attached hydrogen (secondary N) is 2. The maximum atomic E-state index is 13.0. The number of para-hydroxylation sites is 2. The fourth-order valence-electron chi connectivity index (χ4n) is 3.73. The van der Waals surface area contributed by atoms with Crippen LogP contribution in [0.1, 0.15) is 38.4 Å². The van der Waals surface area contributed by atoms with Crippen LogP contribution in [0.5, 0.6) is 5.75 Å². The van der Waals surface area contributed by atoms with Gasteiger partial charge in [-0.1, -0.05) is 29.3 Å². The molecule has 7 nitrogen and oxygen atoms in total. The van der Waals surface area contributed by atoms with E-state index in [2.05, 4.69) is 27.6 Å². The third-order valence-electron chi connectivity index (χ3n) is 5.37. The fraction of sp³-hybridized carbons (Fsp3) is 0.320. The van der Waals surface area contributed by atoms with Crippen LogP contribution >= 0.6 is 0 Å². The molecule has 7 heteroatoms. The molecule has 0 aliphatic carbocycles. The fourth-order valence-corrected chi connectivity index (χ4v) is 3.73. The van der Waals surface area contributed by atoms with Gasteiger partial charge >= 0.3 is 0 Å². The first-order valence-electron chi connectivity index (χ1n) is 10.6. The van der Waals surface area contributed by atoms with Crippen LogP contribution in [0, 0.1) is 27.7 Å². The van der Waals surface area contributed by atoms with Gasteiger partial charge in [-0.05, 0) is 63.9 Å². The first-order valence-corrected chi connectivity index (χ1v) is 10.6. The number of ether oxygens (including phenoxy) is 1. The molecule has 1 amide bonds. The Morgan fingerprint density at radius 2 is 1.78 bits per heavy atom. The predicted octanol–water partition coefficient (Wildman–Crippen LogP) is 4.10. The Balaban J connectivity index is 1.84. The molecule has 168 valence electrons. The van der Waals surface area contributed by atoms with Gasteiger partial charge in [-0.25, -0.2) is 0 Å². The lowest BCUT2D eigenvalue weighted by molar-refractivity contribution is 0.0976. The third kappa shape index (κ3) is 5.55. The van der Waals surface area contributed by atoms with E-state index < -0.39 is 0 Å². The van der Waals surface area contributed by atoms with Crippen molar-refractivity contribution in [1.82, 2.24) is 15.1 Å². The number of benzene rings is 2. The summed E-state index contributed by atoms with van der Waals surface area (Å²) in [5.74, 6) is 0.823. The number of methoxy groups -OCH3 is 1. The molecule has 0 aliphatic rings. The Labute approximate surface area is 189 Å². The van der Waals surface area contributed by atoms with Crippen molar-refractivity contribution in [1.29, 1.82) is 0 Å². The maximum absolute atomic E-state index is 13.0. The molecule has 1 heterocycles. The predicted molar refractivity (Wildman–Crippen MR) is 129 cm³/mol. The number of anilines is 1. The lowest BCUT2D eigenvalue weighted by atomic mass is 10.1. The van der Waals surface area contributed by atoms with Gasteiger partial charge in [0.1, 0.15) is 5.75 Å². The smallest absolute Gasteiger partial charge is 0.257 e. The van der Waals surface area contributed by atoms with Crippen LogP contribution in [0.4, 0.5) is 5.69 Å². The largest absolute Gasteiger partial charge is 0.495 e. The van der Waals surface area contributed by atoms with Gasteiger partial charge in [-0.3, -0.25) is 19.8 Å². The Hall–Kier alpha value is -3.61. The number of hydrogen-bond acceptors (Lipinski definition) is 4. The molecule has 1 aromatic heterocycles. The topological polar surface area (TPSA) is 80.5 Å². The lowest BCUT2D eigenvalue weighted by Gasteiger charge is -2.15. The summed E-state index contributed by atoms with van der Waals surface area (Å²) in [7, 11) is 3.55. The van der Waals surface area contributed by atoms with Gasteiger partial charge < -0.3 is 10.1 Å². The van der Waals surface area contributed by atoms with E-state index in [-0.39, 0.29) is 5.91 Å². The number of carbonyl (C=O) groups is 1. The van der Waals surface area contributed by atoms with Crippen LogP contribution in [-0.2, 0) is 13.5 Å². The van der Waals surface area contributed by atoms with E-state index >= 15 is 0 Å². The van der Waals surface area contributed by atoms with Gasteiger partial charge in [-0.15, -0.1) is 0 Å². The first-order chi connectivity index (χ1) is 15.3. The summed E-state index contributed by atoms with van der Waals surface area (Å²) in [6.45, 7) is 8.50. The van der Waals surface area contributed by atoms with Crippen molar-refractivity contribution in [3.8, 4) is 5.75 Å². The molecule has 0 saturated carbocycles. The van der Waals surface area contributed by atoms with E-state index in [0.717, 1.165) is 34.6 Å². The van der Waals surface area contributed by atoms with Crippen LogP contribution in [0.25, 0.3) is 0 Å². The standard InChI is InChI=1S/C25H31N5O2/c1-16-13-17(2)15-20(14-16)24(31)28-25(27-22-9-7-8-10-23(22)32-6)26-12-11-21-18(3)29-30(5)19(21)4/h7-10,13-15H,11-12H2,1-6H3,(H2,26,27,28,31). The molecule has 0 atom stereocenters. The molecule has 3 rings (SSSR count). The second-order valence-electron chi connectivity index (χ2n) is 7.91. The Bertz CT molecular complexity index is 1130. The molecule has 2 aromatic carbocycles. The Kier molecular flexibility index (Phi) is 7.30. The van der Waals surface area contributed by atoms with E-state index in [9.17, 15) is 4.79 Å². The van der Waals surface area contributed by atoms with E-state index in [1.54, 1.807) is 7.11 Å². The van der Waals surface area contributed by atoms with Crippen molar-refractivity contribution in [3.63, 3.8) is 0 Å². The van der Waals surface area contributed by atoms with Crippen LogP contribution in [0.15, 0.2) is 47.5 Å². The van der Waals surface area contributed by atoms with E-state index in [4.69, 9.17) is 4.74 Å². The Morgan fingerprint density at radius 1 is 1.09 bits per heavy atom. The summed E-state index contributed by atoms with van der Waals surface area (Å²) in [5.41, 5.74) is 6.69. The summed E-state index contributed by atoms with van der Waals surface area (Å²) in [6.07, 6.45) is 0.724. The van der Waals surface area contributed by atoms with Crippen LogP contribution in [0.3, 0.4) is 0 Å². The molecular weight excluding hydrogens is 402 g/mol. The second-order valence-corrected chi connectivity index (χ2v) is 7.91. The summed E-state index contributed by atoms with van der Waals surface area (Å²) in [6, 6.07) is 13.3. The highest BCUT2D eigenvalue weighted by atomic mass is 16.5. The van der Waals surface area contributed by atoms with Crippen molar-refractivity contribution in [2.24, 2.45) is 12.0 Å². The second kappa shape index (κ2) is 10.1. The number of rotatable bonds is 6. The third-order valence-corrected chi connectivity index (χ3v) is 5.37. The minimum absolute atomic E-state index is 0.216. The zero-order valence-corrected chi connectivity index (χ0v) is 19.6. The highest BCUT2D eigenvalue weighted by molar-refractivity contribution is 6.10. The normalized spacial score (nSPS) is 11.4. The van der Waals surface area contributed by atoms with Gasteiger partial charge in [0.05, 0.1) is 18.5 Å². The quantitative estimate of drug-likeness (QED) is 0.453. The molecule has 0 radical (unpaired) electrons. The highest BCUT2D eigenvalue weighted by Crippen LogP contribution is 2.23. The maximum Gasteiger partial charge on any atom is 0.257 e. The summed E-state index contributed by atoms with van der Waals surface area (Å²) >= 11 is 0. The van der Waals surface area contributed by atoms with Crippen LogP contribution in [-0.4, -0.2) is 35.3 Å². The van der Waals surface area contributed by atoms with Gasteiger partial charge in [0.25, 0.3) is 5.91 Å². The molecule has 0 spiro atoms. The van der Waals surface area contributed by atoms with Crippen molar-refractivity contribution >= 4 is 17.6 Å². The molecule has 0 aliphatic heterocycles. The van der Waals surface area contributed by atoms with Crippen molar-refractivity contribution < 1.29 is 9.53 Å². The average molecular weight is 434 g/mol. The van der Waals surface area contributed by atoms with Gasteiger partial charge in [0.15, 0.2) is 0 Å². The van der Waals surface area contributed by atoms with Crippen molar-refractivity contribution in [2.75, 3.05) is 19.0 Å². The molecule has 0 bridgehead atoms. The molecule has 0 saturated heterocycles. The molecule has 2 N–H and O–H groups in total. The lowest BCUT2D eigenvalue weighted by Crippen LogP contribution is -2.36. The molecular formula is C25H31N5O2. The molecule has 0 unspecified atom stereocenters. The number of nitrogens with zero attached hydrogens (tertiary/aromatic N) is 3. The monoisotopic (exact) mass is 433 g/mol. The minimum atomic E-state index is -0.216. The van der Waals surface area contributed by atoms with E-state index in [0.29, 0.717) is 23.8 Å². The van der Waals surface area contributed by atoms with Crippen molar-refractivity contribution in [2.45, 2.75) is 34.1 Å². The SMILES string of the molecule is COc1ccccc1NC(=NCCc1c(C)nn(C)c1C)NC(=O)c1cc(C)cc(C)c1. The number of amides is 1. The number of carbonyl (C=O) groups excluding carboxylic acids is 1. The summed E-state index contributed by atoms with van der Waals surface area (Å²) in [4.78, 5) is 17.6. The van der Waals surface area contributed by atoms with Crippen LogP contribution in [0.2, 0.25) is 0 Å². The zero-order valence-electron chi connectivity index (χ0n) is 19.6. The number of guanidine groups is 1. The number of aryl methyl sites for hydroxylation is 4. The van der Waals surface area contributed by atoms with Gasteiger partial charge in [-0.2, -0.15) is 5.10 Å². The van der Waals surface area contributed by atoms with Gasteiger partial charge in [0.2, 0.25) is 5.96 Å². The summed E-state index contributed by atoms with van der Waals surface area (Å²) in [5, 5.41) is 10.6. The van der Waals surface area contributed by atoms with E-state index in [1.165, 1.54) is 5.56 Å². The zero-order chi connectivity index (χ0) is 23.3. The van der Waals surface area contributed by atoms with Crippen molar-refractivity contribution in [3.05, 3.63) is 76.1 Å². The number of hydrogen-bond donors (Lipinski definition) is 2. The highest BCUT2D eigenvalue weighted by Gasteiger charge is 2.13. The number of aromatic nitrogens is 2. The molecule has 0 fully saturated rings. The average Bonchev–Trinajstić information content (AvgIpc) is 2.99. The first kappa shape index (κ1) is 23.1. The van der Waals surface area contributed by atoms with E-state index in [1.807, 2.05) is 75.0 Å². The summed E-state index contributed by atoms with van der Waals surface area (Å²) < 4.78 is 7.31. The Morgan fingerprint density at radius 3 is 2.41 bits per heavy atom.